The minimum Gasteiger partial charge on any atom is -0.481 e. The molecule has 0 saturated carbocycles. The second-order valence-corrected chi connectivity index (χ2v) is 5.95. The summed E-state index contributed by atoms with van der Waals surface area (Å²) in [5, 5.41) is 13.9. The van der Waals surface area contributed by atoms with Gasteiger partial charge in [0.05, 0.1) is 17.7 Å². The van der Waals surface area contributed by atoms with E-state index in [0.717, 1.165) is 24.5 Å². The quantitative estimate of drug-likeness (QED) is 0.865. The number of nitrogens with zero attached hydrogens (tertiary/aromatic N) is 3. The molecule has 2 aliphatic heterocycles. The molecule has 2 unspecified atom stereocenters. The van der Waals surface area contributed by atoms with Gasteiger partial charge in [-0.05, 0) is 25.0 Å². The van der Waals surface area contributed by atoms with E-state index in [9.17, 15) is 4.79 Å². The number of thioether (sulfide) groups is 1. The second-order valence-electron chi connectivity index (χ2n) is 4.64. The smallest absolute Gasteiger partial charge is 0.308 e. The number of aromatic nitrogens is 3. The Hall–Kier alpha value is -1.04. The molecule has 17 heavy (non-hydrogen) atoms. The highest BCUT2D eigenvalue weighted by molar-refractivity contribution is 7.99. The molecule has 5 nitrogen and oxygen atoms in total. The first-order valence-electron chi connectivity index (χ1n) is 6.02. The van der Waals surface area contributed by atoms with Gasteiger partial charge >= 0.3 is 5.97 Å². The van der Waals surface area contributed by atoms with Crippen LogP contribution in [0.5, 0.6) is 0 Å². The van der Waals surface area contributed by atoms with E-state index in [0.29, 0.717) is 18.2 Å². The first-order chi connectivity index (χ1) is 8.24. The summed E-state index contributed by atoms with van der Waals surface area (Å²) >= 11 is 1.91. The number of hydrogen-bond donors (Lipinski definition) is 1. The molecule has 1 aromatic heterocycles. The van der Waals surface area contributed by atoms with Crippen molar-refractivity contribution in [1.82, 2.24) is 14.8 Å². The van der Waals surface area contributed by atoms with Gasteiger partial charge in [0.15, 0.2) is 5.82 Å². The normalized spacial score (nSPS) is 28.0. The highest BCUT2D eigenvalue weighted by Crippen LogP contribution is 2.38. The summed E-state index contributed by atoms with van der Waals surface area (Å²) in [6.45, 7) is 0.481. The molecule has 2 atom stereocenters. The maximum absolute atomic E-state index is 11.0. The van der Waals surface area contributed by atoms with Gasteiger partial charge in [-0.25, -0.2) is 9.67 Å². The highest BCUT2D eigenvalue weighted by Gasteiger charge is 2.29. The Bertz CT molecular complexity index is 440. The van der Waals surface area contributed by atoms with Crippen molar-refractivity contribution in [2.24, 2.45) is 5.92 Å². The van der Waals surface area contributed by atoms with Gasteiger partial charge in [0.25, 0.3) is 0 Å². The van der Waals surface area contributed by atoms with Crippen molar-refractivity contribution in [1.29, 1.82) is 0 Å². The molecule has 1 saturated heterocycles. The predicted molar refractivity (Wildman–Crippen MR) is 63.9 cm³/mol. The van der Waals surface area contributed by atoms with Crippen LogP contribution in [0.4, 0.5) is 0 Å². The van der Waals surface area contributed by atoms with Gasteiger partial charge in [0.1, 0.15) is 5.82 Å². The molecule has 3 heterocycles. The average Bonchev–Trinajstić information content (AvgIpc) is 2.96. The maximum Gasteiger partial charge on any atom is 0.308 e. The van der Waals surface area contributed by atoms with Crippen LogP contribution >= 0.6 is 11.8 Å². The Morgan fingerprint density at radius 3 is 3.06 bits per heavy atom. The van der Waals surface area contributed by atoms with E-state index < -0.39 is 5.97 Å². The Labute approximate surface area is 104 Å². The molecule has 6 heteroatoms. The third kappa shape index (κ3) is 2.06. The molecule has 3 rings (SSSR count). The molecule has 1 N–H and O–H groups in total. The lowest BCUT2D eigenvalue weighted by Crippen LogP contribution is -2.27. The van der Waals surface area contributed by atoms with Crippen LogP contribution < -0.4 is 0 Å². The van der Waals surface area contributed by atoms with E-state index in [1.807, 2.05) is 11.8 Å². The van der Waals surface area contributed by atoms with E-state index in [1.165, 1.54) is 12.2 Å². The number of carboxylic acid groups (broad SMARTS) is 1. The number of fused-ring (bicyclic) bond motifs is 1. The summed E-state index contributed by atoms with van der Waals surface area (Å²) in [6.07, 6.45) is 3.81. The number of hydrogen-bond acceptors (Lipinski definition) is 4. The fraction of sp³-hybridized carbons (Fsp3) is 0.727. The van der Waals surface area contributed by atoms with Crippen molar-refractivity contribution in [3.8, 4) is 0 Å². The van der Waals surface area contributed by atoms with E-state index >= 15 is 0 Å². The molecular formula is C11H15N3O2S. The van der Waals surface area contributed by atoms with Crippen LogP contribution in [0.2, 0.25) is 0 Å². The van der Waals surface area contributed by atoms with Gasteiger partial charge in [-0.1, -0.05) is 0 Å². The Balaban J connectivity index is 1.81. The summed E-state index contributed by atoms with van der Waals surface area (Å²) in [6, 6.07) is 0. The van der Waals surface area contributed by atoms with Crippen LogP contribution in [-0.2, 0) is 17.8 Å². The van der Waals surface area contributed by atoms with Crippen LogP contribution in [0.1, 0.15) is 36.2 Å². The van der Waals surface area contributed by atoms with Crippen molar-refractivity contribution in [3.05, 3.63) is 11.6 Å². The molecule has 2 aliphatic rings. The van der Waals surface area contributed by atoms with Gasteiger partial charge < -0.3 is 5.11 Å². The molecule has 1 fully saturated rings. The topological polar surface area (TPSA) is 68.0 Å². The number of carbonyl (C=O) groups is 1. The van der Waals surface area contributed by atoms with Crippen LogP contribution in [0.3, 0.4) is 0 Å². The molecule has 0 aromatic carbocycles. The molecule has 0 spiro atoms. The lowest BCUT2D eigenvalue weighted by atomic mass is 10.0. The summed E-state index contributed by atoms with van der Waals surface area (Å²) in [7, 11) is 0. The van der Waals surface area contributed by atoms with Crippen molar-refractivity contribution in [3.63, 3.8) is 0 Å². The van der Waals surface area contributed by atoms with Crippen LogP contribution in [0.15, 0.2) is 0 Å². The largest absolute Gasteiger partial charge is 0.481 e. The fourth-order valence-corrected chi connectivity index (χ4v) is 3.65. The van der Waals surface area contributed by atoms with Crippen molar-refractivity contribution in [2.45, 2.75) is 37.5 Å². The zero-order chi connectivity index (χ0) is 11.8. The zero-order valence-corrected chi connectivity index (χ0v) is 10.3. The van der Waals surface area contributed by atoms with E-state index in [4.69, 9.17) is 5.11 Å². The molecule has 0 amide bonds. The summed E-state index contributed by atoms with van der Waals surface area (Å²) in [4.78, 5) is 15.5. The van der Waals surface area contributed by atoms with E-state index in [2.05, 4.69) is 10.1 Å². The van der Waals surface area contributed by atoms with E-state index in [1.54, 1.807) is 4.68 Å². The lowest BCUT2D eigenvalue weighted by molar-refractivity contribution is -0.142. The van der Waals surface area contributed by atoms with Crippen molar-refractivity contribution >= 4 is 17.7 Å². The van der Waals surface area contributed by atoms with Gasteiger partial charge in [0, 0.05) is 6.42 Å². The molecule has 1 aromatic rings. The van der Waals surface area contributed by atoms with Crippen LogP contribution in [0, 0.1) is 5.92 Å². The first kappa shape index (κ1) is 11.1. The number of aryl methyl sites for hydroxylation is 1. The summed E-state index contributed by atoms with van der Waals surface area (Å²) in [5.41, 5.74) is 0. The van der Waals surface area contributed by atoms with Gasteiger partial charge in [-0.15, -0.1) is 0 Å². The minimum atomic E-state index is -0.719. The third-order valence-corrected chi connectivity index (χ3v) is 4.81. The van der Waals surface area contributed by atoms with Crippen molar-refractivity contribution < 1.29 is 9.90 Å². The van der Waals surface area contributed by atoms with Crippen molar-refractivity contribution in [2.75, 3.05) is 5.75 Å². The zero-order valence-electron chi connectivity index (χ0n) is 9.50. The minimum absolute atomic E-state index is 0.298. The Morgan fingerprint density at radius 1 is 1.47 bits per heavy atom. The first-order valence-corrected chi connectivity index (χ1v) is 7.07. The van der Waals surface area contributed by atoms with Crippen LogP contribution in [0.25, 0.3) is 0 Å². The molecule has 0 radical (unpaired) electrons. The molecule has 0 bridgehead atoms. The van der Waals surface area contributed by atoms with Gasteiger partial charge in [-0.2, -0.15) is 16.9 Å². The maximum atomic E-state index is 11.0. The number of aliphatic carboxylic acids is 1. The fourth-order valence-electron chi connectivity index (χ4n) is 2.45. The second kappa shape index (κ2) is 4.33. The van der Waals surface area contributed by atoms with Gasteiger partial charge in [0.2, 0.25) is 0 Å². The Morgan fingerprint density at radius 2 is 2.35 bits per heavy atom. The van der Waals surface area contributed by atoms with Gasteiger partial charge in [-0.3, -0.25) is 4.79 Å². The summed E-state index contributed by atoms with van der Waals surface area (Å²) < 4.78 is 1.80. The molecule has 92 valence electrons. The summed E-state index contributed by atoms with van der Waals surface area (Å²) in [5.74, 6) is 2.04. The predicted octanol–water partition coefficient (Wildman–Crippen LogP) is 1.49. The Kier molecular flexibility index (Phi) is 2.82. The van der Waals surface area contributed by atoms with Crippen LogP contribution in [-0.4, -0.2) is 31.6 Å². The average molecular weight is 253 g/mol. The lowest BCUT2D eigenvalue weighted by Gasteiger charge is -2.18. The number of rotatable bonds is 2. The SMILES string of the molecule is O=C(O)C1CCc2nc(C3CCCS3)nn2C1. The molecular weight excluding hydrogens is 238 g/mol. The monoisotopic (exact) mass is 253 g/mol. The van der Waals surface area contributed by atoms with E-state index in [-0.39, 0.29) is 5.92 Å². The number of carboxylic acids is 1. The highest BCUT2D eigenvalue weighted by atomic mass is 32.2. The third-order valence-electron chi connectivity index (χ3n) is 3.44. The molecule has 0 aliphatic carbocycles. The standard InChI is InChI=1S/C11H15N3O2S/c15-11(16)7-3-4-9-12-10(13-14(9)6-7)8-2-1-5-17-8/h7-8H,1-6H2,(H,15,16).